The van der Waals surface area contributed by atoms with E-state index in [1.807, 2.05) is 44.6 Å². The van der Waals surface area contributed by atoms with Crippen LogP contribution in [-0.2, 0) is 7.05 Å². The fraction of sp³-hybridized carbons (Fsp3) is 0.385. The zero-order chi connectivity index (χ0) is 13.3. The minimum atomic E-state index is -0.0337. The summed E-state index contributed by atoms with van der Waals surface area (Å²) in [6, 6.07) is 3.78. The van der Waals surface area contributed by atoms with Crippen LogP contribution in [0.25, 0.3) is 0 Å². The smallest absolute Gasteiger partial charge is 0.261 e. The normalized spacial score (nSPS) is 12.4. The largest absolute Gasteiger partial charge is 0.345 e. The quantitative estimate of drug-likeness (QED) is 0.925. The lowest BCUT2D eigenvalue weighted by atomic mass is 10.1. The van der Waals surface area contributed by atoms with E-state index < -0.39 is 0 Å². The molecule has 18 heavy (non-hydrogen) atoms. The molecule has 0 saturated carbocycles. The predicted octanol–water partition coefficient (Wildman–Crippen LogP) is 2.59. The Balaban J connectivity index is 2.10. The van der Waals surface area contributed by atoms with Crippen LogP contribution in [-0.4, -0.2) is 15.7 Å². The Kier molecular flexibility index (Phi) is 3.52. The van der Waals surface area contributed by atoms with Gasteiger partial charge in [-0.1, -0.05) is 0 Å². The van der Waals surface area contributed by atoms with Crippen LogP contribution in [0.1, 0.15) is 38.8 Å². The van der Waals surface area contributed by atoms with Crippen LogP contribution >= 0.6 is 11.3 Å². The van der Waals surface area contributed by atoms with E-state index in [4.69, 9.17) is 0 Å². The van der Waals surface area contributed by atoms with Gasteiger partial charge in [0.2, 0.25) is 0 Å². The van der Waals surface area contributed by atoms with Crippen molar-refractivity contribution in [3.05, 3.63) is 39.3 Å². The van der Waals surface area contributed by atoms with Gasteiger partial charge in [-0.2, -0.15) is 5.10 Å². The first-order valence-corrected chi connectivity index (χ1v) is 6.66. The molecule has 0 radical (unpaired) electrons. The summed E-state index contributed by atoms with van der Waals surface area (Å²) in [5.41, 5.74) is 2.13. The van der Waals surface area contributed by atoms with Gasteiger partial charge in [0.1, 0.15) is 0 Å². The summed E-state index contributed by atoms with van der Waals surface area (Å²) in [5, 5.41) is 7.19. The average molecular weight is 263 g/mol. The molecule has 5 heteroatoms. The van der Waals surface area contributed by atoms with Gasteiger partial charge < -0.3 is 5.32 Å². The van der Waals surface area contributed by atoms with Crippen molar-refractivity contribution >= 4 is 17.2 Å². The van der Waals surface area contributed by atoms with E-state index >= 15 is 0 Å². The molecule has 2 aromatic rings. The van der Waals surface area contributed by atoms with Crippen molar-refractivity contribution < 1.29 is 4.79 Å². The fourth-order valence-corrected chi connectivity index (χ4v) is 2.61. The van der Waals surface area contributed by atoms with Crippen LogP contribution < -0.4 is 5.32 Å². The van der Waals surface area contributed by atoms with Gasteiger partial charge in [-0.05, 0) is 32.9 Å². The number of hydrogen-bond acceptors (Lipinski definition) is 3. The molecule has 0 fully saturated rings. The van der Waals surface area contributed by atoms with E-state index in [-0.39, 0.29) is 11.9 Å². The second kappa shape index (κ2) is 4.94. The van der Waals surface area contributed by atoms with Crippen molar-refractivity contribution in [3.8, 4) is 0 Å². The molecule has 0 saturated heterocycles. The summed E-state index contributed by atoms with van der Waals surface area (Å²) in [6.07, 6.45) is 1.81. The van der Waals surface area contributed by atoms with Crippen LogP contribution in [0, 0.1) is 13.8 Å². The predicted molar refractivity (Wildman–Crippen MR) is 72.9 cm³/mol. The van der Waals surface area contributed by atoms with Crippen molar-refractivity contribution in [1.29, 1.82) is 0 Å². The molecular formula is C13H17N3OS. The number of hydrogen-bond donors (Lipinski definition) is 1. The molecule has 2 rings (SSSR count). The minimum Gasteiger partial charge on any atom is -0.345 e. The Labute approximate surface area is 111 Å². The molecule has 2 heterocycles. The average Bonchev–Trinajstić information content (AvgIpc) is 2.87. The molecule has 0 aliphatic heterocycles. The molecule has 1 N–H and O–H groups in total. The zero-order valence-electron chi connectivity index (χ0n) is 11.0. The van der Waals surface area contributed by atoms with Gasteiger partial charge in [0.25, 0.3) is 5.91 Å². The van der Waals surface area contributed by atoms with Crippen molar-refractivity contribution in [2.75, 3.05) is 0 Å². The van der Waals surface area contributed by atoms with Crippen LogP contribution in [0.5, 0.6) is 0 Å². The number of aromatic nitrogens is 2. The third kappa shape index (κ3) is 2.46. The third-order valence-electron chi connectivity index (χ3n) is 3.05. The van der Waals surface area contributed by atoms with Gasteiger partial charge in [0.05, 0.1) is 17.1 Å². The summed E-state index contributed by atoms with van der Waals surface area (Å²) in [4.78, 5) is 13.9. The molecule has 0 aliphatic rings. The molecule has 0 aliphatic carbocycles. The molecule has 4 nitrogen and oxygen atoms in total. The summed E-state index contributed by atoms with van der Waals surface area (Å²) in [6.45, 7) is 5.97. The molecule has 0 spiro atoms. The molecule has 96 valence electrons. The van der Waals surface area contributed by atoms with Crippen LogP contribution in [0.15, 0.2) is 18.3 Å². The number of carbonyl (C=O) groups is 1. The monoisotopic (exact) mass is 263 g/mol. The molecular weight excluding hydrogens is 246 g/mol. The first-order valence-electron chi connectivity index (χ1n) is 5.85. The van der Waals surface area contributed by atoms with E-state index in [0.717, 1.165) is 21.0 Å². The minimum absolute atomic E-state index is 0.0242. The van der Waals surface area contributed by atoms with Crippen molar-refractivity contribution in [2.24, 2.45) is 7.05 Å². The van der Waals surface area contributed by atoms with Crippen molar-refractivity contribution in [2.45, 2.75) is 26.8 Å². The van der Waals surface area contributed by atoms with Gasteiger partial charge >= 0.3 is 0 Å². The summed E-state index contributed by atoms with van der Waals surface area (Å²) in [7, 11) is 1.90. The number of amides is 1. The van der Waals surface area contributed by atoms with Gasteiger partial charge in [0, 0.05) is 23.2 Å². The maximum Gasteiger partial charge on any atom is 0.261 e. The Hall–Kier alpha value is -1.62. The topological polar surface area (TPSA) is 46.9 Å². The van der Waals surface area contributed by atoms with E-state index in [2.05, 4.69) is 10.4 Å². The fourth-order valence-electron chi connectivity index (χ4n) is 1.84. The van der Waals surface area contributed by atoms with Crippen LogP contribution in [0.4, 0.5) is 0 Å². The van der Waals surface area contributed by atoms with Crippen molar-refractivity contribution in [1.82, 2.24) is 15.1 Å². The standard InChI is InChI=1S/C13H17N3OS/c1-8-5-6-12(18-8)13(17)15-9(2)11-7-14-16(4)10(11)3/h5-7,9H,1-4H3,(H,15,17)/t9-/m0/s1. The molecule has 1 atom stereocenters. The summed E-state index contributed by atoms with van der Waals surface area (Å²) >= 11 is 1.51. The number of nitrogens with zero attached hydrogens (tertiary/aromatic N) is 2. The lowest BCUT2D eigenvalue weighted by Crippen LogP contribution is -2.26. The van der Waals surface area contributed by atoms with Gasteiger partial charge in [-0.25, -0.2) is 0 Å². The second-order valence-corrected chi connectivity index (χ2v) is 5.70. The number of aryl methyl sites for hydroxylation is 2. The number of nitrogens with one attached hydrogen (secondary N) is 1. The van der Waals surface area contributed by atoms with Gasteiger partial charge in [-0.15, -0.1) is 11.3 Å². The first kappa shape index (κ1) is 12.8. The Morgan fingerprint density at radius 2 is 2.17 bits per heavy atom. The molecule has 0 unspecified atom stereocenters. The zero-order valence-corrected chi connectivity index (χ0v) is 11.8. The first-order chi connectivity index (χ1) is 8.49. The second-order valence-electron chi connectivity index (χ2n) is 4.41. The Morgan fingerprint density at radius 1 is 1.44 bits per heavy atom. The highest BCUT2D eigenvalue weighted by Crippen LogP contribution is 2.19. The molecule has 1 amide bonds. The van der Waals surface area contributed by atoms with E-state index in [1.54, 1.807) is 6.20 Å². The highest BCUT2D eigenvalue weighted by Gasteiger charge is 2.16. The van der Waals surface area contributed by atoms with Crippen LogP contribution in [0.3, 0.4) is 0 Å². The molecule has 0 aromatic carbocycles. The number of rotatable bonds is 3. The number of carbonyl (C=O) groups excluding carboxylic acids is 1. The maximum atomic E-state index is 12.0. The highest BCUT2D eigenvalue weighted by molar-refractivity contribution is 7.13. The summed E-state index contributed by atoms with van der Waals surface area (Å²) in [5.74, 6) is -0.0242. The van der Waals surface area contributed by atoms with E-state index in [9.17, 15) is 4.79 Å². The van der Waals surface area contributed by atoms with E-state index in [1.165, 1.54) is 11.3 Å². The lowest BCUT2D eigenvalue weighted by molar-refractivity contribution is 0.0944. The summed E-state index contributed by atoms with van der Waals surface area (Å²) < 4.78 is 1.81. The van der Waals surface area contributed by atoms with Gasteiger partial charge in [0.15, 0.2) is 0 Å². The molecule has 2 aromatic heterocycles. The lowest BCUT2D eigenvalue weighted by Gasteiger charge is -2.12. The molecule has 0 bridgehead atoms. The third-order valence-corrected chi connectivity index (χ3v) is 4.05. The highest BCUT2D eigenvalue weighted by atomic mass is 32.1. The Bertz CT molecular complexity index is 571. The Morgan fingerprint density at radius 3 is 2.67 bits per heavy atom. The van der Waals surface area contributed by atoms with Gasteiger partial charge in [-0.3, -0.25) is 9.48 Å². The SMILES string of the molecule is Cc1ccc(C(=O)N[C@@H](C)c2cnn(C)c2C)s1. The van der Waals surface area contributed by atoms with Crippen molar-refractivity contribution in [3.63, 3.8) is 0 Å². The van der Waals surface area contributed by atoms with Crippen LogP contribution in [0.2, 0.25) is 0 Å². The maximum absolute atomic E-state index is 12.0. The number of thiophene rings is 1. The van der Waals surface area contributed by atoms with E-state index in [0.29, 0.717) is 0 Å².